The van der Waals surface area contributed by atoms with E-state index in [1.807, 2.05) is 13.0 Å². The fraction of sp³-hybridized carbons (Fsp3) is 0.588. The van der Waals surface area contributed by atoms with Gasteiger partial charge in [0.25, 0.3) is 0 Å². The van der Waals surface area contributed by atoms with Gasteiger partial charge >= 0.3 is 0 Å². The molecule has 0 fully saturated rings. The molecule has 0 spiro atoms. The van der Waals surface area contributed by atoms with Gasteiger partial charge in [-0.05, 0) is 30.0 Å². The summed E-state index contributed by atoms with van der Waals surface area (Å²) in [6.07, 6.45) is 0.0297. The van der Waals surface area contributed by atoms with Gasteiger partial charge in [-0.1, -0.05) is 32.9 Å². The molecule has 0 aliphatic rings. The Kier molecular flexibility index (Phi) is 7.85. The number of nitrogens with one attached hydrogen (secondary N) is 2. The Hall–Kier alpha value is -1.64. The molecule has 0 bridgehead atoms. The first-order valence-corrected chi connectivity index (χ1v) is 9.79. The van der Waals surface area contributed by atoms with E-state index >= 15 is 0 Å². The molecule has 0 aromatic heterocycles. The predicted octanol–water partition coefficient (Wildman–Crippen LogP) is 1.45. The Morgan fingerprint density at radius 1 is 1.32 bits per heavy atom. The van der Waals surface area contributed by atoms with Crippen LogP contribution in [0.4, 0.5) is 0 Å². The van der Waals surface area contributed by atoms with Crippen molar-refractivity contribution in [1.29, 1.82) is 0 Å². The number of nitrogens with two attached hydrogens (primary N) is 1. The first-order valence-electron chi connectivity index (χ1n) is 8.24. The van der Waals surface area contributed by atoms with Crippen molar-refractivity contribution in [2.24, 2.45) is 15.5 Å². The second-order valence-corrected chi connectivity index (χ2v) is 8.42. The fourth-order valence-corrected chi connectivity index (χ4v) is 2.85. The van der Waals surface area contributed by atoms with Crippen LogP contribution in [0.25, 0.3) is 0 Å². The summed E-state index contributed by atoms with van der Waals surface area (Å²) in [6, 6.07) is 6.48. The molecule has 8 heteroatoms. The smallest absolute Gasteiger partial charge is 0.238 e. The number of hydrogen-bond acceptors (Lipinski definition) is 4. The van der Waals surface area contributed by atoms with E-state index in [1.54, 1.807) is 13.2 Å². The van der Waals surface area contributed by atoms with Crippen molar-refractivity contribution >= 4 is 16.0 Å². The monoisotopic (exact) mass is 370 g/mol. The van der Waals surface area contributed by atoms with E-state index in [-0.39, 0.29) is 16.4 Å². The van der Waals surface area contributed by atoms with E-state index in [0.717, 1.165) is 12.1 Å². The lowest BCUT2D eigenvalue weighted by Crippen LogP contribution is -2.45. The second-order valence-electron chi connectivity index (χ2n) is 6.86. The summed E-state index contributed by atoms with van der Waals surface area (Å²) in [5.74, 6) is 0.648. The van der Waals surface area contributed by atoms with Crippen molar-refractivity contribution in [3.05, 3.63) is 29.8 Å². The summed E-state index contributed by atoms with van der Waals surface area (Å²) in [6.45, 7) is 10.0. The number of rotatable bonds is 7. The molecule has 4 N–H and O–H groups in total. The molecule has 0 saturated carbocycles. The summed E-state index contributed by atoms with van der Waals surface area (Å²) in [5.41, 5.74) is 0.769. The third-order valence-corrected chi connectivity index (χ3v) is 4.61. The van der Waals surface area contributed by atoms with E-state index in [2.05, 4.69) is 36.4 Å². The van der Waals surface area contributed by atoms with Gasteiger partial charge in [0.05, 0.1) is 17.5 Å². The summed E-state index contributed by atoms with van der Waals surface area (Å²) in [5, 5.41) is 11.6. The highest BCUT2D eigenvalue weighted by Crippen LogP contribution is 2.20. The van der Waals surface area contributed by atoms with Crippen LogP contribution in [0.1, 0.15) is 33.3 Å². The van der Waals surface area contributed by atoms with E-state index in [4.69, 9.17) is 9.88 Å². The summed E-state index contributed by atoms with van der Waals surface area (Å²) in [4.78, 5) is 4.59. The summed E-state index contributed by atoms with van der Waals surface area (Å²) >= 11 is 0. The fourth-order valence-electron chi connectivity index (χ4n) is 2.27. The van der Waals surface area contributed by atoms with Gasteiger partial charge in [-0.3, -0.25) is 0 Å². The van der Waals surface area contributed by atoms with Gasteiger partial charge in [0.1, 0.15) is 0 Å². The SMILES string of the molecule is CCNC(=NCc1cccc(S(N)(=O)=O)c1)NCC(OC)C(C)(C)C. The molecule has 0 aliphatic carbocycles. The van der Waals surface area contributed by atoms with Gasteiger partial charge in [-0.25, -0.2) is 18.5 Å². The number of ether oxygens (including phenoxy) is 1. The molecule has 1 unspecified atom stereocenters. The van der Waals surface area contributed by atoms with Gasteiger partial charge in [0, 0.05) is 20.2 Å². The van der Waals surface area contributed by atoms with Crippen molar-refractivity contribution in [3.8, 4) is 0 Å². The molecule has 25 heavy (non-hydrogen) atoms. The molecular weight excluding hydrogens is 340 g/mol. The van der Waals surface area contributed by atoms with Crippen LogP contribution in [0, 0.1) is 5.41 Å². The van der Waals surface area contributed by atoms with Gasteiger partial charge in [0.2, 0.25) is 10.0 Å². The van der Waals surface area contributed by atoms with Crippen molar-refractivity contribution in [1.82, 2.24) is 10.6 Å². The van der Waals surface area contributed by atoms with Crippen LogP contribution in [0.15, 0.2) is 34.2 Å². The maximum Gasteiger partial charge on any atom is 0.238 e. The normalized spacial score (nSPS) is 14.2. The minimum Gasteiger partial charge on any atom is -0.379 e. The Balaban J connectivity index is 2.82. The number of primary sulfonamides is 1. The van der Waals surface area contributed by atoms with Crippen molar-refractivity contribution in [2.45, 2.75) is 45.2 Å². The van der Waals surface area contributed by atoms with Crippen LogP contribution in [0.2, 0.25) is 0 Å². The second kappa shape index (κ2) is 9.17. The largest absolute Gasteiger partial charge is 0.379 e. The van der Waals surface area contributed by atoms with Crippen molar-refractivity contribution in [3.63, 3.8) is 0 Å². The molecule has 142 valence electrons. The van der Waals surface area contributed by atoms with Gasteiger partial charge in [-0.2, -0.15) is 0 Å². The average molecular weight is 371 g/mol. The predicted molar refractivity (Wildman–Crippen MR) is 101 cm³/mol. The number of sulfonamides is 1. The average Bonchev–Trinajstić information content (AvgIpc) is 2.51. The van der Waals surface area contributed by atoms with Crippen LogP contribution in [-0.2, 0) is 21.3 Å². The van der Waals surface area contributed by atoms with E-state index < -0.39 is 10.0 Å². The quantitative estimate of drug-likeness (QED) is 0.498. The summed E-state index contributed by atoms with van der Waals surface area (Å²) in [7, 11) is -2.02. The molecule has 0 aliphatic heterocycles. The number of benzene rings is 1. The highest BCUT2D eigenvalue weighted by Gasteiger charge is 2.24. The number of aliphatic imine (C=N–C) groups is 1. The number of methoxy groups -OCH3 is 1. The van der Waals surface area contributed by atoms with Crippen LogP contribution in [0.5, 0.6) is 0 Å². The molecular formula is C17H30N4O3S. The first kappa shape index (κ1) is 21.4. The molecule has 1 atom stereocenters. The zero-order valence-corrected chi connectivity index (χ0v) is 16.5. The van der Waals surface area contributed by atoms with Gasteiger partial charge in [-0.15, -0.1) is 0 Å². The topological polar surface area (TPSA) is 106 Å². The maximum atomic E-state index is 11.4. The molecule has 1 aromatic carbocycles. The lowest BCUT2D eigenvalue weighted by molar-refractivity contribution is 0.0205. The number of nitrogens with zero attached hydrogens (tertiary/aromatic N) is 1. The standard InChI is InChI=1S/C17H30N4O3S/c1-6-19-16(21-12-15(24-5)17(2,3)4)20-11-13-8-7-9-14(10-13)25(18,22)23/h7-10,15H,6,11-12H2,1-5H3,(H2,18,22,23)(H2,19,20,21). The minimum absolute atomic E-state index is 0.00287. The molecule has 1 aromatic rings. The lowest BCUT2D eigenvalue weighted by atomic mass is 9.89. The van der Waals surface area contributed by atoms with Crippen molar-refractivity contribution < 1.29 is 13.2 Å². The van der Waals surface area contributed by atoms with E-state index in [9.17, 15) is 8.42 Å². The highest BCUT2D eigenvalue weighted by molar-refractivity contribution is 7.89. The van der Waals surface area contributed by atoms with Crippen LogP contribution in [-0.4, -0.2) is 40.7 Å². The third kappa shape index (κ3) is 7.41. The Morgan fingerprint density at radius 2 is 2.00 bits per heavy atom. The molecule has 0 amide bonds. The Bertz CT molecular complexity index is 681. The van der Waals surface area contributed by atoms with Crippen LogP contribution >= 0.6 is 0 Å². The lowest BCUT2D eigenvalue weighted by Gasteiger charge is -2.30. The highest BCUT2D eigenvalue weighted by atomic mass is 32.2. The van der Waals surface area contributed by atoms with Crippen LogP contribution in [0.3, 0.4) is 0 Å². The maximum absolute atomic E-state index is 11.4. The Morgan fingerprint density at radius 3 is 2.52 bits per heavy atom. The van der Waals surface area contributed by atoms with Crippen LogP contribution < -0.4 is 15.8 Å². The zero-order chi connectivity index (χ0) is 19.1. The molecule has 1 rings (SSSR count). The van der Waals surface area contributed by atoms with Crippen molar-refractivity contribution in [2.75, 3.05) is 20.2 Å². The Labute approximate surface area is 151 Å². The number of guanidine groups is 1. The first-order chi connectivity index (χ1) is 11.6. The summed E-state index contributed by atoms with van der Waals surface area (Å²) < 4.78 is 28.4. The van der Waals surface area contributed by atoms with Gasteiger partial charge in [0.15, 0.2) is 5.96 Å². The van der Waals surface area contributed by atoms with Gasteiger partial charge < -0.3 is 15.4 Å². The molecule has 7 nitrogen and oxygen atoms in total. The number of hydrogen-bond donors (Lipinski definition) is 3. The van der Waals surface area contributed by atoms with E-state index in [1.165, 1.54) is 12.1 Å². The third-order valence-electron chi connectivity index (χ3n) is 3.70. The molecule has 0 radical (unpaired) electrons. The minimum atomic E-state index is -3.71. The van der Waals surface area contributed by atoms with E-state index in [0.29, 0.717) is 19.0 Å². The molecule has 0 saturated heterocycles. The molecule has 0 heterocycles. The zero-order valence-electron chi connectivity index (χ0n) is 15.7.